The van der Waals surface area contributed by atoms with Crippen LogP contribution in [0.4, 0.5) is 0 Å². The van der Waals surface area contributed by atoms with E-state index in [0.29, 0.717) is 5.41 Å². The molecule has 72 valence electrons. The predicted octanol–water partition coefficient (Wildman–Crippen LogP) is 4.10. The molecule has 0 bridgehead atoms. The Balaban J connectivity index is 2.51. The maximum absolute atomic E-state index is 2.42. The SMILES string of the molecule is C[C@@H]1CC(C(C)(C)C)CC[C@@H]1C. The molecule has 1 aliphatic rings. The van der Waals surface area contributed by atoms with Crippen LogP contribution in [0.5, 0.6) is 0 Å². The highest BCUT2D eigenvalue weighted by Crippen LogP contribution is 2.42. The van der Waals surface area contributed by atoms with E-state index in [0.717, 1.165) is 17.8 Å². The minimum atomic E-state index is 0.536. The van der Waals surface area contributed by atoms with Gasteiger partial charge < -0.3 is 0 Å². The van der Waals surface area contributed by atoms with Crippen molar-refractivity contribution in [2.45, 2.75) is 53.9 Å². The molecule has 0 nitrogen and oxygen atoms in total. The third kappa shape index (κ3) is 2.24. The molecule has 0 heterocycles. The third-order valence-electron chi connectivity index (χ3n) is 3.82. The van der Waals surface area contributed by atoms with E-state index in [1.165, 1.54) is 19.3 Å². The summed E-state index contributed by atoms with van der Waals surface area (Å²) in [5, 5.41) is 0. The van der Waals surface area contributed by atoms with Crippen LogP contribution in [-0.2, 0) is 0 Å². The molecule has 0 radical (unpaired) electrons. The van der Waals surface area contributed by atoms with E-state index in [1.807, 2.05) is 0 Å². The lowest BCUT2D eigenvalue weighted by molar-refractivity contribution is 0.114. The largest absolute Gasteiger partial charge is 0.0623 e. The van der Waals surface area contributed by atoms with Crippen molar-refractivity contribution in [3.63, 3.8) is 0 Å². The Labute approximate surface area is 77.7 Å². The minimum absolute atomic E-state index is 0.536. The summed E-state index contributed by atoms with van der Waals surface area (Å²) in [5.41, 5.74) is 0.536. The second-order valence-electron chi connectivity index (χ2n) is 5.83. The van der Waals surface area contributed by atoms with Gasteiger partial charge in [-0.1, -0.05) is 41.0 Å². The Morgan fingerprint density at radius 3 is 1.92 bits per heavy atom. The van der Waals surface area contributed by atoms with E-state index in [-0.39, 0.29) is 0 Å². The van der Waals surface area contributed by atoms with Gasteiger partial charge in [-0.15, -0.1) is 0 Å². The van der Waals surface area contributed by atoms with Crippen molar-refractivity contribution in [2.75, 3.05) is 0 Å². The zero-order valence-corrected chi connectivity index (χ0v) is 9.35. The minimum Gasteiger partial charge on any atom is -0.0623 e. The molecule has 0 aromatic rings. The topological polar surface area (TPSA) is 0 Å². The van der Waals surface area contributed by atoms with Crippen molar-refractivity contribution in [1.29, 1.82) is 0 Å². The lowest BCUT2D eigenvalue weighted by Crippen LogP contribution is -2.29. The van der Waals surface area contributed by atoms with Crippen LogP contribution in [0.3, 0.4) is 0 Å². The Hall–Kier alpha value is 0. The molecule has 0 amide bonds. The standard InChI is InChI=1S/C12H24/c1-9-6-7-11(8-10(9)2)12(3,4)5/h9-11H,6-8H2,1-5H3/t9-,10+,11?/m0/s1. The van der Waals surface area contributed by atoms with Crippen molar-refractivity contribution >= 4 is 0 Å². The molecule has 0 N–H and O–H groups in total. The summed E-state index contributed by atoms with van der Waals surface area (Å²) in [6.07, 6.45) is 4.35. The predicted molar refractivity (Wildman–Crippen MR) is 55.1 cm³/mol. The Morgan fingerprint density at radius 1 is 0.917 bits per heavy atom. The van der Waals surface area contributed by atoms with Gasteiger partial charge in [0.1, 0.15) is 0 Å². The average molecular weight is 168 g/mol. The van der Waals surface area contributed by atoms with Gasteiger partial charge in [-0.25, -0.2) is 0 Å². The second-order valence-corrected chi connectivity index (χ2v) is 5.83. The van der Waals surface area contributed by atoms with Gasteiger partial charge in [-0.05, 0) is 36.0 Å². The summed E-state index contributed by atoms with van der Waals surface area (Å²) in [5.74, 6) is 2.87. The fourth-order valence-electron chi connectivity index (χ4n) is 2.33. The van der Waals surface area contributed by atoms with Gasteiger partial charge in [0, 0.05) is 0 Å². The molecule has 0 aromatic heterocycles. The summed E-state index contributed by atoms with van der Waals surface area (Å²) >= 11 is 0. The zero-order chi connectivity index (χ0) is 9.35. The molecule has 1 rings (SSSR count). The van der Waals surface area contributed by atoms with Crippen molar-refractivity contribution in [1.82, 2.24) is 0 Å². The summed E-state index contributed by atoms with van der Waals surface area (Å²) < 4.78 is 0. The molecule has 0 heteroatoms. The molecule has 3 atom stereocenters. The average Bonchev–Trinajstić information content (AvgIpc) is 1.92. The summed E-state index contributed by atoms with van der Waals surface area (Å²) in [7, 11) is 0. The first kappa shape index (κ1) is 10.1. The molecule has 0 aliphatic heterocycles. The van der Waals surface area contributed by atoms with Crippen LogP contribution >= 0.6 is 0 Å². The quantitative estimate of drug-likeness (QED) is 0.511. The Bertz CT molecular complexity index is 141. The molecular weight excluding hydrogens is 144 g/mol. The fourth-order valence-corrected chi connectivity index (χ4v) is 2.33. The monoisotopic (exact) mass is 168 g/mol. The maximum Gasteiger partial charge on any atom is -0.0354 e. The molecule has 1 unspecified atom stereocenters. The summed E-state index contributed by atoms with van der Waals surface area (Å²) in [6.45, 7) is 12.0. The van der Waals surface area contributed by atoms with Crippen LogP contribution in [0, 0.1) is 23.2 Å². The molecule has 0 spiro atoms. The van der Waals surface area contributed by atoms with E-state index in [2.05, 4.69) is 34.6 Å². The van der Waals surface area contributed by atoms with Crippen molar-refractivity contribution in [3.05, 3.63) is 0 Å². The first-order valence-corrected chi connectivity index (χ1v) is 5.41. The Kier molecular flexibility index (Phi) is 2.85. The van der Waals surface area contributed by atoms with Gasteiger partial charge in [-0.3, -0.25) is 0 Å². The van der Waals surface area contributed by atoms with Gasteiger partial charge in [0.05, 0.1) is 0 Å². The van der Waals surface area contributed by atoms with E-state index < -0.39 is 0 Å². The summed E-state index contributed by atoms with van der Waals surface area (Å²) in [4.78, 5) is 0. The van der Waals surface area contributed by atoms with Crippen LogP contribution in [-0.4, -0.2) is 0 Å². The van der Waals surface area contributed by atoms with Gasteiger partial charge >= 0.3 is 0 Å². The number of rotatable bonds is 0. The molecule has 12 heavy (non-hydrogen) atoms. The van der Waals surface area contributed by atoms with Gasteiger partial charge in [-0.2, -0.15) is 0 Å². The molecule has 0 aromatic carbocycles. The second kappa shape index (κ2) is 3.40. The van der Waals surface area contributed by atoms with Gasteiger partial charge in [0.25, 0.3) is 0 Å². The summed E-state index contributed by atoms with van der Waals surface area (Å²) in [6, 6.07) is 0. The smallest absolute Gasteiger partial charge is 0.0354 e. The van der Waals surface area contributed by atoms with Crippen molar-refractivity contribution < 1.29 is 0 Å². The third-order valence-corrected chi connectivity index (χ3v) is 3.82. The van der Waals surface area contributed by atoms with Crippen molar-refractivity contribution in [2.24, 2.45) is 23.2 Å². The lowest BCUT2D eigenvalue weighted by atomic mass is 9.66. The Morgan fingerprint density at radius 2 is 1.50 bits per heavy atom. The van der Waals surface area contributed by atoms with Crippen LogP contribution in [0.1, 0.15) is 53.9 Å². The van der Waals surface area contributed by atoms with Crippen LogP contribution in [0.25, 0.3) is 0 Å². The van der Waals surface area contributed by atoms with E-state index in [9.17, 15) is 0 Å². The van der Waals surface area contributed by atoms with Crippen LogP contribution < -0.4 is 0 Å². The maximum atomic E-state index is 2.42. The van der Waals surface area contributed by atoms with E-state index in [1.54, 1.807) is 0 Å². The van der Waals surface area contributed by atoms with Crippen LogP contribution in [0.2, 0.25) is 0 Å². The highest BCUT2D eigenvalue weighted by atomic mass is 14.4. The fraction of sp³-hybridized carbons (Fsp3) is 1.00. The van der Waals surface area contributed by atoms with E-state index in [4.69, 9.17) is 0 Å². The van der Waals surface area contributed by atoms with E-state index >= 15 is 0 Å². The zero-order valence-electron chi connectivity index (χ0n) is 9.35. The molecular formula is C12H24. The number of hydrogen-bond donors (Lipinski definition) is 0. The molecule has 1 aliphatic carbocycles. The number of hydrogen-bond acceptors (Lipinski definition) is 0. The van der Waals surface area contributed by atoms with Crippen LogP contribution in [0.15, 0.2) is 0 Å². The first-order valence-electron chi connectivity index (χ1n) is 5.41. The normalized spacial score (nSPS) is 38.2. The molecule has 1 saturated carbocycles. The van der Waals surface area contributed by atoms with Gasteiger partial charge in [0.2, 0.25) is 0 Å². The highest BCUT2D eigenvalue weighted by Gasteiger charge is 2.31. The van der Waals surface area contributed by atoms with Gasteiger partial charge in [0.15, 0.2) is 0 Å². The first-order chi connectivity index (χ1) is 5.41. The van der Waals surface area contributed by atoms with Crippen molar-refractivity contribution in [3.8, 4) is 0 Å². The highest BCUT2D eigenvalue weighted by molar-refractivity contribution is 4.82. The lowest BCUT2D eigenvalue weighted by Gasteiger charge is -2.39. The molecule has 1 fully saturated rings. The molecule has 0 saturated heterocycles.